The lowest BCUT2D eigenvalue weighted by Gasteiger charge is -2.26. The summed E-state index contributed by atoms with van der Waals surface area (Å²) in [7, 11) is -2.86. The van der Waals surface area contributed by atoms with Crippen LogP contribution in [0, 0.1) is 5.92 Å². The molecule has 3 rings (SSSR count). The van der Waals surface area contributed by atoms with Crippen LogP contribution in [0.2, 0.25) is 0 Å². The maximum Gasteiger partial charge on any atom is 0.191 e. The third kappa shape index (κ3) is 4.96. The zero-order valence-electron chi connectivity index (χ0n) is 15.9. The summed E-state index contributed by atoms with van der Waals surface area (Å²) in [6.07, 6.45) is 3.45. The summed E-state index contributed by atoms with van der Waals surface area (Å²) in [5.41, 5.74) is 0. The molecule has 0 saturated carbocycles. The minimum absolute atomic E-state index is 0.131. The molecule has 9 heteroatoms. The van der Waals surface area contributed by atoms with Gasteiger partial charge in [0.2, 0.25) is 0 Å². The second kappa shape index (κ2) is 7.94. The molecule has 0 amide bonds. The molecular weight excluding hydrogens is 352 g/mol. The molecule has 2 unspecified atom stereocenters. The number of hydrogen-bond donors (Lipinski definition) is 2. The van der Waals surface area contributed by atoms with Crippen molar-refractivity contribution in [2.24, 2.45) is 10.9 Å². The van der Waals surface area contributed by atoms with E-state index in [0.29, 0.717) is 18.7 Å². The van der Waals surface area contributed by atoms with E-state index in [4.69, 9.17) is 0 Å². The van der Waals surface area contributed by atoms with Gasteiger partial charge in [0.25, 0.3) is 0 Å². The van der Waals surface area contributed by atoms with Crippen LogP contribution in [0.3, 0.4) is 0 Å². The Labute approximate surface area is 155 Å². The largest absolute Gasteiger partial charge is 0.354 e. The lowest BCUT2D eigenvalue weighted by atomic mass is 10.1. The van der Waals surface area contributed by atoms with Crippen molar-refractivity contribution >= 4 is 15.8 Å². The quantitative estimate of drug-likeness (QED) is 0.569. The fourth-order valence-corrected chi connectivity index (χ4v) is 5.31. The van der Waals surface area contributed by atoms with Gasteiger partial charge in [0, 0.05) is 31.5 Å². The van der Waals surface area contributed by atoms with Crippen LogP contribution in [0.4, 0.5) is 0 Å². The molecule has 1 saturated heterocycles. The molecule has 1 aromatic rings. The lowest BCUT2D eigenvalue weighted by Crippen LogP contribution is -2.49. The van der Waals surface area contributed by atoms with E-state index in [-0.39, 0.29) is 23.8 Å². The first kappa shape index (κ1) is 19.1. The third-order valence-corrected chi connectivity index (χ3v) is 6.66. The molecule has 1 aromatic heterocycles. The summed E-state index contributed by atoms with van der Waals surface area (Å²) in [5, 5.41) is 11.4. The van der Waals surface area contributed by atoms with E-state index in [1.807, 2.05) is 4.68 Å². The van der Waals surface area contributed by atoms with Crippen molar-refractivity contribution in [1.29, 1.82) is 0 Å². The number of aryl methyl sites for hydroxylation is 2. The smallest absolute Gasteiger partial charge is 0.191 e. The van der Waals surface area contributed by atoms with E-state index in [9.17, 15) is 8.42 Å². The van der Waals surface area contributed by atoms with Gasteiger partial charge in [0.1, 0.15) is 5.82 Å². The summed E-state index contributed by atoms with van der Waals surface area (Å²) >= 11 is 0. The van der Waals surface area contributed by atoms with Gasteiger partial charge in [0.05, 0.1) is 18.1 Å². The van der Waals surface area contributed by atoms with Gasteiger partial charge in [-0.2, -0.15) is 5.10 Å². The van der Waals surface area contributed by atoms with Crippen LogP contribution >= 0.6 is 0 Å². The van der Waals surface area contributed by atoms with Crippen molar-refractivity contribution < 1.29 is 8.42 Å². The fourth-order valence-electron chi connectivity index (χ4n) is 3.46. The van der Waals surface area contributed by atoms with Crippen LogP contribution in [-0.4, -0.2) is 59.3 Å². The predicted molar refractivity (Wildman–Crippen MR) is 102 cm³/mol. The molecule has 2 N–H and O–H groups in total. The number of nitrogens with one attached hydrogen (secondary N) is 2. The first-order chi connectivity index (χ1) is 12.3. The van der Waals surface area contributed by atoms with Gasteiger partial charge in [-0.15, -0.1) is 0 Å². The molecule has 2 atom stereocenters. The summed E-state index contributed by atoms with van der Waals surface area (Å²) in [4.78, 5) is 9.22. The number of rotatable bonds is 5. The number of fused-ring (bicyclic) bond motifs is 1. The average Bonchev–Trinajstić information content (AvgIpc) is 3.14. The summed E-state index contributed by atoms with van der Waals surface area (Å²) in [5.74, 6) is 3.41. The molecule has 146 valence electrons. The van der Waals surface area contributed by atoms with Gasteiger partial charge < -0.3 is 10.6 Å². The molecule has 3 heterocycles. The molecule has 0 spiro atoms. The Morgan fingerprint density at radius 2 is 2.19 bits per heavy atom. The molecule has 0 radical (unpaired) electrons. The number of hydrogen-bond acceptors (Lipinski definition) is 5. The maximum atomic E-state index is 11.6. The van der Waals surface area contributed by atoms with E-state index in [1.165, 1.54) is 0 Å². The molecule has 0 aliphatic carbocycles. The zero-order valence-corrected chi connectivity index (χ0v) is 16.7. The Kier molecular flexibility index (Phi) is 5.84. The highest BCUT2D eigenvalue weighted by Gasteiger charge is 2.28. The summed E-state index contributed by atoms with van der Waals surface area (Å²) in [6.45, 7) is 7.53. The minimum atomic E-state index is -2.86. The van der Waals surface area contributed by atoms with Crippen molar-refractivity contribution in [3.8, 4) is 0 Å². The van der Waals surface area contributed by atoms with Gasteiger partial charge in [-0.25, -0.2) is 18.1 Å². The number of nitrogens with zero attached hydrogens (tertiary/aromatic N) is 4. The first-order valence-corrected chi connectivity index (χ1v) is 11.4. The number of guanidine groups is 1. The second-order valence-electron chi connectivity index (χ2n) is 7.62. The van der Waals surface area contributed by atoms with Crippen LogP contribution in [0.5, 0.6) is 0 Å². The molecular formula is C17H30N6O2S. The van der Waals surface area contributed by atoms with Crippen LogP contribution < -0.4 is 10.6 Å². The second-order valence-corrected chi connectivity index (χ2v) is 9.85. The van der Waals surface area contributed by atoms with Crippen LogP contribution in [0.25, 0.3) is 0 Å². The van der Waals surface area contributed by atoms with Crippen molar-refractivity contribution in [2.75, 3.05) is 18.1 Å². The SMILES string of the molecule is CCc1nc2n(n1)CC(NC(=NCC1CCS(=O)(=O)C1)NC(C)C)CC2. The number of sulfone groups is 1. The molecule has 0 bridgehead atoms. The molecule has 8 nitrogen and oxygen atoms in total. The van der Waals surface area contributed by atoms with Crippen molar-refractivity contribution in [1.82, 2.24) is 25.4 Å². The van der Waals surface area contributed by atoms with Gasteiger partial charge >= 0.3 is 0 Å². The average molecular weight is 383 g/mol. The van der Waals surface area contributed by atoms with E-state index in [0.717, 1.165) is 43.4 Å². The number of aromatic nitrogens is 3. The topological polar surface area (TPSA) is 101 Å². The van der Waals surface area contributed by atoms with Crippen molar-refractivity contribution in [3.63, 3.8) is 0 Å². The number of aliphatic imine (C=N–C) groups is 1. The van der Waals surface area contributed by atoms with E-state index in [2.05, 4.69) is 46.5 Å². The predicted octanol–water partition coefficient (Wildman–Crippen LogP) is 0.534. The summed E-state index contributed by atoms with van der Waals surface area (Å²) < 4.78 is 25.3. The van der Waals surface area contributed by atoms with Crippen molar-refractivity contribution in [2.45, 2.75) is 65.1 Å². The van der Waals surface area contributed by atoms with Crippen molar-refractivity contribution in [3.05, 3.63) is 11.6 Å². The molecule has 2 aliphatic rings. The highest BCUT2D eigenvalue weighted by Crippen LogP contribution is 2.18. The summed E-state index contributed by atoms with van der Waals surface area (Å²) in [6, 6.07) is 0.497. The van der Waals surface area contributed by atoms with E-state index >= 15 is 0 Å². The normalized spacial score (nSPS) is 25.3. The Morgan fingerprint density at radius 3 is 2.85 bits per heavy atom. The fraction of sp³-hybridized carbons (Fsp3) is 0.824. The van der Waals surface area contributed by atoms with Gasteiger partial charge in [0.15, 0.2) is 21.6 Å². The van der Waals surface area contributed by atoms with E-state index in [1.54, 1.807) is 0 Å². The van der Waals surface area contributed by atoms with Crippen LogP contribution in [0.1, 0.15) is 45.3 Å². The molecule has 2 aliphatic heterocycles. The molecule has 26 heavy (non-hydrogen) atoms. The standard InChI is InChI=1S/C17H30N6O2S/c1-4-15-21-16-6-5-14(10-23(16)22-15)20-17(19-12(2)3)18-9-13-7-8-26(24,25)11-13/h12-14H,4-11H2,1-3H3,(H2,18,19,20). The van der Waals surface area contributed by atoms with Gasteiger partial charge in [-0.1, -0.05) is 6.92 Å². The Balaban J connectivity index is 1.62. The Bertz CT molecular complexity index is 755. The lowest BCUT2D eigenvalue weighted by molar-refractivity contribution is 0.390. The van der Waals surface area contributed by atoms with Crippen LogP contribution in [-0.2, 0) is 29.2 Å². The molecule has 1 fully saturated rings. The Hall–Kier alpha value is -1.64. The third-order valence-electron chi connectivity index (χ3n) is 4.82. The maximum absolute atomic E-state index is 11.6. The highest BCUT2D eigenvalue weighted by atomic mass is 32.2. The Morgan fingerprint density at radius 1 is 1.38 bits per heavy atom. The zero-order chi connectivity index (χ0) is 18.7. The van der Waals surface area contributed by atoms with Gasteiger partial charge in [-0.05, 0) is 32.6 Å². The molecule has 0 aromatic carbocycles. The van der Waals surface area contributed by atoms with E-state index < -0.39 is 9.84 Å². The highest BCUT2D eigenvalue weighted by molar-refractivity contribution is 7.91. The van der Waals surface area contributed by atoms with Gasteiger partial charge in [-0.3, -0.25) is 4.99 Å². The first-order valence-electron chi connectivity index (χ1n) is 9.55. The minimum Gasteiger partial charge on any atom is -0.354 e. The monoisotopic (exact) mass is 382 g/mol. The van der Waals surface area contributed by atoms with Crippen LogP contribution in [0.15, 0.2) is 4.99 Å².